The van der Waals surface area contributed by atoms with Crippen molar-refractivity contribution in [3.05, 3.63) is 23.8 Å². The van der Waals surface area contributed by atoms with Gasteiger partial charge in [-0.15, -0.1) is 0 Å². The Morgan fingerprint density at radius 3 is 2.12 bits per heavy atom. The second-order valence-electron chi connectivity index (χ2n) is 6.63. The number of rotatable bonds is 6. The SMILES string of the molecule is COc1ccc(CC(C)(NC(=O)OC(C)(C)C)C(=O)O)cc1OC. The summed E-state index contributed by atoms with van der Waals surface area (Å²) in [5, 5.41) is 12.0. The third-order valence-electron chi connectivity index (χ3n) is 3.25. The van der Waals surface area contributed by atoms with Gasteiger partial charge in [-0.1, -0.05) is 6.07 Å². The number of nitrogens with one attached hydrogen (secondary N) is 1. The van der Waals surface area contributed by atoms with Gasteiger partial charge in [0.05, 0.1) is 14.2 Å². The van der Waals surface area contributed by atoms with Crippen LogP contribution in [0.1, 0.15) is 33.3 Å². The first kappa shape index (κ1) is 19.6. The van der Waals surface area contributed by atoms with Crippen LogP contribution in [0.15, 0.2) is 18.2 Å². The lowest BCUT2D eigenvalue weighted by molar-refractivity contribution is -0.144. The molecule has 2 N–H and O–H groups in total. The van der Waals surface area contributed by atoms with E-state index in [-0.39, 0.29) is 6.42 Å². The number of carboxylic acid groups (broad SMARTS) is 1. The van der Waals surface area contributed by atoms with E-state index in [1.165, 1.54) is 21.1 Å². The van der Waals surface area contributed by atoms with Crippen molar-refractivity contribution in [3.8, 4) is 11.5 Å². The molecule has 134 valence electrons. The maximum absolute atomic E-state index is 12.0. The van der Waals surface area contributed by atoms with E-state index >= 15 is 0 Å². The lowest BCUT2D eigenvalue weighted by atomic mass is 9.93. The predicted octanol–water partition coefficient (Wildman–Crippen LogP) is 2.61. The molecule has 1 aromatic carbocycles. The van der Waals surface area contributed by atoms with Gasteiger partial charge in [-0.3, -0.25) is 0 Å². The molecular weight excluding hydrogens is 314 g/mol. The maximum atomic E-state index is 12.0. The number of methoxy groups -OCH3 is 2. The molecule has 1 rings (SSSR count). The molecule has 24 heavy (non-hydrogen) atoms. The maximum Gasteiger partial charge on any atom is 0.408 e. The van der Waals surface area contributed by atoms with Crippen molar-refractivity contribution >= 4 is 12.1 Å². The Labute approximate surface area is 141 Å². The molecule has 1 atom stereocenters. The molecule has 0 bridgehead atoms. The minimum atomic E-state index is -1.53. The molecule has 0 radical (unpaired) electrons. The van der Waals surface area contributed by atoms with Crippen LogP contribution >= 0.6 is 0 Å². The Hall–Kier alpha value is -2.44. The van der Waals surface area contributed by atoms with Gasteiger partial charge in [0.1, 0.15) is 11.1 Å². The zero-order valence-electron chi connectivity index (χ0n) is 14.9. The van der Waals surface area contributed by atoms with Gasteiger partial charge < -0.3 is 24.6 Å². The number of amides is 1. The van der Waals surface area contributed by atoms with Crippen LogP contribution in [0.3, 0.4) is 0 Å². The van der Waals surface area contributed by atoms with Gasteiger partial charge in [-0.2, -0.15) is 0 Å². The largest absolute Gasteiger partial charge is 0.493 e. The van der Waals surface area contributed by atoms with E-state index in [0.29, 0.717) is 17.1 Å². The molecule has 0 aliphatic heterocycles. The zero-order chi connectivity index (χ0) is 18.5. The van der Waals surface area contributed by atoms with Crippen molar-refractivity contribution in [1.82, 2.24) is 5.32 Å². The lowest BCUT2D eigenvalue weighted by Gasteiger charge is -2.28. The lowest BCUT2D eigenvalue weighted by Crippen LogP contribution is -2.54. The number of hydrogen-bond donors (Lipinski definition) is 2. The Balaban J connectivity index is 3.00. The number of alkyl carbamates (subject to hydrolysis) is 1. The van der Waals surface area contributed by atoms with Crippen LogP contribution < -0.4 is 14.8 Å². The highest BCUT2D eigenvalue weighted by atomic mass is 16.6. The molecule has 0 saturated carbocycles. The van der Waals surface area contributed by atoms with Gasteiger partial charge in [0.15, 0.2) is 11.5 Å². The number of benzene rings is 1. The van der Waals surface area contributed by atoms with Gasteiger partial charge >= 0.3 is 12.1 Å². The fourth-order valence-electron chi connectivity index (χ4n) is 2.10. The highest BCUT2D eigenvalue weighted by molar-refractivity contribution is 5.84. The summed E-state index contributed by atoms with van der Waals surface area (Å²) >= 11 is 0. The molecule has 1 amide bonds. The fraction of sp³-hybridized carbons (Fsp3) is 0.529. The minimum Gasteiger partial charge on any atom is -0.493 e. The average Bonchev–Trinajstić information content (AvgIpc) is 2.44. The van der Waals surface area contributed by atoms with Crippen LogP contribution in [-0.4, -0.2) is 42.5 Å². The number of ether oxygens (including phenoxy) is 3. The Morgan fingerprint density at radius 1 is 1.08 bits per heavy atom. The van der Waals surface area contributed by atoms with Crippen LogP contribution in [0.4, 0.5) is 4.79 Å². The van der Waals surface area contributed by atoms with Crippen molar-refractivity contribution in [2.45, 2.75) is 45.3 Å². The van der Waals surface area contributed by atoms with Gasteiger partial charge in [0.2, 0.25) is 0 Å². The van der Waals surface area contributed by atoms with Gasteiger partial charge in [-0.25, -0.2) is 9.59 Å². The number of carbonyl (C=O) groups excluding carboxylic acids is 1. The van der Waals surface area contributed by atoms with Crippen LogP contribution in [0.25, 0.3) is 0 Å². The first-order valence-corrected chi connectivity index (χ1v) is 7.46. The summed E-state index contributed by atoms with van der Waals surface area (Å²) in [5.41, 5.74) is -1.57. The summed E-state index contributed by atoms with van der Waals surface area (Å²) in [4.78, 5) is 23.6. The van der Waals surface area contributed by atoms with Crippen molar-refractivity contribution in [3.63, 3.8) is 0 Å². The molecule has 7 heteroatoms. The molecule has 0 fully saturated rings. The number of aliphatic carboxylic acids is 1. The van der Waals surface area contributed by atoms with E-state index in [1.54, 1.807) is 39.0 Å². The van der Waals surface area contributed by atoms with E-state index in [0.717, 1.165) is 0 Å². The standard InChI is InChI=1S/C17H25NO6/c1-16(2,3)24-15(21)18-17(4,14(19)20)10-11-7-8-12(22-5)13(9-11)23-6/h7-9H,10H2,1-6H3,(H,18,21)(H,19,20). The third-order valence-corrected chi connectivity index (χ3v) is 3.25. The smallest absolute Gasteiger partial charge is 0.408 e. The molecule has 0 aromatic heterocycles. The zero-order valence-corrected chi connectivity index (χ0v) is 14.9. The average molecular weight is 339 g/mol. The van der Waals surface area contributed by atoms with Crippen LogP contribution in [0.5, 0.6) is 11.5 Å². The van der Waals surface area contributed by atoms with E-state index in [4.69, 9.17) is 14.2 Å². The van der Waals surface area contributed by atoms with Crippen LogP contribution in [-0.2, 0) is 16.0 Å². The topological polar surface area (TPSA) is 94.1 Å². The molecule has 1 aromatic rings. The second-order valence-corrected chi connectivity index (χ2v) is 6.63. The fourth-order valence-corrected chi connectivity index (χ4v) is 2.10. The van der Waals surface area contributed by atoms with E-state index in [1.807, 2.05) is 0 Å². The predicted molar refractivity (Wildman–Crippen MR) is 88.7 cm³/mol. The highest BCUT2D eigenvalue weighted by Crippen LogP contribution is 2.29. The van der Waals surface area contributed by atoms with Crippen LogP contribution in [0, 0.1) is 0 Å². The van der Waals surface area contributed by atoms with Gasteiger partial charge in [0.25, 0.3) is 0 Å². The summed E-state index contributed by atoms with van der Waals surface area (Å²) < 4.78 is 15.5. The number of hydrogen-bond acceptors (Lipinski definition) is 5. The Morgan fingerprint density at radius 2 is 1.67 bits per heavy atom. The van der Waals surface area contributed by atoms with Gasteiger partial charge in [0, 0.05) is 6.42 Å². The Bertz CT molecular complexity index is 608. The molecule has 0 spiro atoms. The molecule has 0 aliphatic carbocycles. The highest BCUT2D eigenvalue weighted by Gasteiger charge is 2.36. The van der Waals surface area contributed by atoms with Crippen molar-refractivity contribution in [1.29, 1.82) is 0 Å². The summed E-state index contributed by atoms with van der Waals surface area (Å²) in [6, 6.07) is 5.08. The quantitative estimate of drug-likeness (QED) is 0.827. The van der Waals surface area contributed by atoms with Crippen molar-refractivity contribution < 1.29 is 28.9 Å². The van der Waals surface area contributed by atoms with Crippen molar-refractivity contribution in [2.24, 2.45) is 0 Å². The number of carbonyl (C=O) groups is 2. The van der Waals surface area contributed by atoms with Crippen molar-refractivity contribution in [2.75, 3.05) is 14.2 Å². The summed E-state index contributed by atoms with van der Waals surface area (Å²) in [6.45, 7) is 6.55. The van der Waals surface area contributed by atoms with Crippen LogP contribution in [0.2, 0.25) is 0 Å². The van der Waals surface area contributed by atoms with Gasteiger partial charge in [-0.05, 0) is 45.4 Å². The summed E-state index contributed by atoms with van der Waals surface area (Å²) in [6.07, 6.45) is -0.727. The summed E-state index contributed by atoms with van der Waals surface area (Å²) in [5.74, 6) is -0.137. The molecule has 1 unspecified atom stereocenters. The Kier molecular flexibility index (Phi) is 6.06. The number of carboxylic acids is 1. The molecule has 0 saturated heterocycles. The van der Waals surface area contributed by atoms with E-state index in [9.17, 15) is 14.7 Å². The van der Waals surface area contributed by atoms with E-state index < -0.39 is 23.2 Å². The van der Waals surface area contributed by atoms with E-state index in [2.05, 4.69) is 5.32 Å². The normalized spacial score (nSPS) is 13.6. The first-order valence-electron chi connectivity index (χ1n) is 7.46. The monoisotopic (exact) mass is 339 g/mol. The minimum absolute atomic E-state index is 0.0575. The molecule has 7 nitrogen and oxygen atoms in total. The second kappa shape index (κ2) is 7.42. The molecule has 0 aliphatic rings. The first-order chi connectivity index (χ1) is 11.0. The molecule has 0 heterocycles. The summed E-state index contributed by atoms with van der Waals surface area (Å²) in [7, 11) is 3.01. The molecular formula is C17H25NO6. The third kappa shape index (κ3) is 5.33.